The predicted octanol–water partition coefficient (Wildman–Crippen LogP) is 0.298. The average Bonchev–Trinajstić information content (AvgIpc) is 2.50. The van der Waals surface area contributed by atoms with Gasteiger partial charge in [-0.25, -0.2) is 0 Å². The van der Waals surface area contributed by atoms with Crippen molar-refractivity contribution < 1.29 is 0 Å². The van der Waals surface area contributed by atoms with Gasteiger partial charge in [0.25, 0.3) is 0 Å². The van der Waals surface area contributed by atoms with E-state index in [1.54, 1.807) is 0 Å². The highest BCUT2D eigenvalue weighted by atomic mass is 15.3. The lowest BCUT2D eigenvalue weighted by Gasteiger charge is -2.40. The molecule has 2 heterocycles. The first-order chi connectivity index (χ1) is 5.38. The maximum atomic E-state index is 3.44. The number of hydrogen-bond acceptors (Lipinski definition) is 2. The van der Waals surface area contributed by atoms with Gasteiger partial charge in [-0.05, 0) is 38.3 Å². The molecule has 2 aliphatic heterocycles. The summed E-state index contributed by atoms with van der Waals surface area (Å²) in [5.41, 5.74) is 0. The van der Waals surface area contributed by atoms with Crippen LogP contribution in [0.5, 0.6) is 0 Å². The van der Waals surface area contributed by atoms with Crippen LogP contribution in [-0.2, 0) is 0 Å². The van der Waals surface area contributed by atoms with Crippen molar-refractivity contribution in [2.75, 3.05) is 19.6 Å². The minimum atomic E-state index is 0.894. The highest BCUT2D eigenvalue weighted by molar-refractivity contribution is 5.12. The van der Waals surface area contributed by atoms with E-state index in [-0.39, 0.29) is 0 Å². The van der Waals surface area contributed by atoms with E-state index in [4.69, 9.17) is 0 Å². The highest BCUT2D eigenvalue weighted by Crippen LogP contribution is 2.48. The molecule has 1 saturated carbocycles. The topological polar surface area (TPSA) is 15.3 Å². The molecule has 3 rings (SSSR count). The summed E-state index contributed by atoms with van der Waals surface area (Å²) in [6, 6.07) is 1.88. The van der Waals surface area contributed by atoms with Crippen molar-refractivity contribution in [1.29, 1.82) is 0 Å². The largest absolute Gasteiger partial charge is 0.316 e. The standard InChI is InChI=1S/C9H16N2/c1-6-2-3-11(6)9-7-4-10-5-8(7)9/h6-10H,2-5H2,1H3. The zero-order valence-electron chi connectivity index (χ0n) is 7.09. The molecule has 62 valence electrons. The fourth-order valence-electron chi connectivity index (χ4n) is 2.86. The fraction of sp³-hybridized carbons (Fsp3) is 1.00. The number of nitrogens with one attached hydrogen (secondary N) is 1. The molecule has 3 unspecified atom stereocenters. The molecule has 2 heteroatoms. The van der Waals surface area contributed by atoms with E-state index in [0.29, 0.717) is 0 Å². The molecule has 11 heavy (non-hydrogen) atoms. The lowest BCUT2D eigenvalue weighted by molar-refractivity contribution is 0.0810. The van der Waals surface area contributed by atoms with Crippen molar-refractivity contribution in [2.45, 2.75) is 25.4 Å². The van der Waals surface area contributed by atoms with Gasteiger partial charge in [-0.1, -0.05) is 0 Å². The predicted molar refractivity (Wildman–Crippen MR) is 44.4 cm³/mol. The number of hydrogen-bond donors (Lipinski definition) is 1. The quantitative estimate of drug-likeness (QED) is 0.581. The molecule has 0 aromatic heterocycles. The monoisotopic (exact) mass is 152 g/mol. The van der Waals surface area contributed by atoms with Crippen molar-refractivity contribution in [1.82, 2.24) is 10.2 Å². The summed E-state index contributed by atoms with van der Waals surface area (Å²) in [7, 11) is 0. The maximum Gasteiger partial charge on any atom is 0.0186 e. The summed E-state index contributed by atoms with van der Waals surface area (Å²) >= 11 is 0. The molecule has 3 atom stereocenters. The summed E-state index contributed by atoms with van der Waals surface area (Å²) in [5, 5.41) is 3.44. The Kier molecular flexibility index (Phi) is 1.16. The Bertz CT molecular complexity index is 170. The zero-order valence-corrected chi connectivity index (χ0v) is 7.09. The third kappa shape index (κ3) is 0.744. The maximum absolute atomic E-state index is 3.44. The molecule has 0 aromatic carbocycles. The summed E-state index contributed by atoms with van der Waals surface area (Å²) in [4.78, 5) is 2.70. The number of fused-ring (bicyclic) bond motifs is 1. The van der Waals surface area contributed by atoms with Gasteiger partial charge in [0.15, 0.2) is 0 Å². The first-order valence-corrected chi connectivity index (χ1v) is 4.84. The molecule has 0 aromatic rings. The van der Waals surface area contributed by atoms with E-state index in [1.807, 2.05) is 0 Å². The third-order valence-electron chi connectivity index (χ3n) is 3.80. The summed E-state index contributed by atoms with van der Waals surface area (Å²) in [6.07, 6.45) is 1.43. The van der Waals surface area contributed by atoms with Gasteiger partial charge < -0.3 is 5.32 Å². The van der Waals surface area contributed by atoms with Crippen LogP contribution in [0.2, 0.25) is 0 Å². The summed E-state index contributed by atoms with van der Waals surface area (Å²) in [5.74, 6) is 2.05. The lowest BCUT2D eigenvalue weighted by Crippen LogP contribution is -2.49. The highest BCUT2D eigenvalue weighted by Gasteiger charge is 2.57. The molecule has 2 saturated heterocycles. The molecular weight excluding hydrogens is 136 g/mol. The molecular formula is C9H16N2. The van der Waals surface area contributed by atoms with Gasteiger partial charge in [-0.15, -0.1) is 0 Å². The molecule has 3 fully saturated rings. The smallest absolute Gasteiger partial charge is 0.0186 e. The molecule has 0 bridgehead atoms. The fourth-order valence-corrected chi connectivity index (χ4v) is 2.86. The second-order valence-corrected chi connectivity index (χ2v) is 4.35. The van der Waals surface area contributed by atoms with Crippen LogP contribution in [0.3, 0.4) is 0 Å². The van der Waals surface area contributed by atoms with Crippen molar-refractivity contribution in [3.05, 3.63) is 0 Å². The first kappa shape index (κ1) is 6.44. The number of piperidine rings is 1. The van der Waals surface area contributed by atoms with E-state index in [1.165, 1.54) is 26.1 Å². The minimum absolute atomic E-state index is 0.894. The van der Waals surface area contributed by atoms with Crippen LogP contribution >= 0.6 is 0 Å². The Hall–Kier alpha value is -0.0800. The second-order valence-electron chi connectivity index (χ2n) is 4.35. The Labute approximate surface area is 68.0 Å². The van der Waals surface area contributed by atoms with Crippen molar-refractivity contribution in [2.24, 2.45) is 11.8 Å². The number of nitrogens with zero attached hydrogens (tertiary/aromatic N) is 1. The van der Waals surface area contributed by atoms with Crippen LogP contribution in [0.25, 0.3) is 0 Å². The van der Waals surface area contributed by atoms with Crippen LogP contribution in [0.1, 0.15) is 13.3 Å². The molecule has 0 spiro atoms. The van der Waals surface area contributed by atoms with Crippen LogP contribution in [0.4, 0.5) is 0 Å². The average molecular weight is 152 g/mol. The molecule has 1 N–H and O–H groups in total. The van der Waals surface area contributed by atoms with E-state index >= 15 is 0 Å². The third-order valence-corrected chi connectivity index (χ3v) is 3.80. The summed E-state index contributed by atoms with van der Waals surface area (Å²) < 4.78 is 0. The Balaban J connectivity index is 1.66. The Morgan fingerprint density at radius 1 is 1.27 bits per heavy atom. The molecule has 0 radical (unpaired) electrons. The van der Waals surface area contributed by atoms with Gasteiger partial charge in [0.2, 0.25) is 0 Å². The molecule has 3 aliphatic rings. The molecule has 1 aliphatic carbocycles. The van der Waals surface area contributed by atoms with Crippen LogP contribution in [-0.4, -0.2) is 36.6 Å². The first-order valence-electron chi connectivity index (χ1n) is 4.84. The zero-order chi connectivity index (χ0) is 7.42. The van der Waals surface area contributed by atoms with Gasteiger partial charge in [-0.3, -0.25) is 4.90 Å². The Morgan fingerprint density at radius 3 is 2.45 bits per heavy atom. The minimum Gasteiger partial charge on any atom is -0.316 e. The van der Waals surface area contributed by atoms with Crippen LogP contribution < -0.4 is 5.32 Å². The second kappa shape index (κ2) is 1.99. The van der Waals surface area contributed by atoms with E-state index < -0.39 is 0 Å². The number of rotatable bonds is 1. The summed E-state index contributed by atoms with van der Waals surface area (Å²) in [6.45, 7) is 6.32. The van der Waals surface area contributed by atoms with Gasteiger partial charge in [0.05, 0.1) is 0 Å². The van der Waals surface area contributed by atoms with E-state index in [2.05, 4.69) is 17.1 Å². The van der Waals surface area contributed by atoms with Crippen molar-refractivity contribution >= 4 is 0 Å². The van der Waals surface area contributed by atoms with Crippen molar-refractivity contribution in [3.8, 4) is 0 Å². The van der Waals surface area contributed by atoms with Gasteiger partial charge in [0, 0.05) is 18.6 Å². The van der Waals surface area contributed by atoms with E-state index in [9.17, 15) is 0 Å². The van der Waals surface area contributed by atoms with Gasteiger partial charge in [0.1, 0.15) is 0 Å². The van der Waals surface area contributed by atoms with Gasteiger partial charge >= 0.3 is 0 Å². The SMILES string of the molecule is CC1CCN1C1C2CNCC21. The van der Waals surface area contributed by atoms with Crippen LogP contribution in [0, 0.1) is 11.8 Å². The Morgan fingerprint density at radius 2 is 2.00 bits per heavy atom. The van der Waals surface area contributed by atoms with Crippen LogP contribution in [0.15, 0.2) is 0 Å². The number of likely N-dealkylation sites (tertiary alicyclic amines) is 1. The van der Waals surface area contributed by atoms with Crippen molar-refractivity contribution in [3.63, 3.8) is 0 Å². The normalized spacial score (nSPS) is 55.4. The molecule has 2 nitrogen and oxygen atoms in total. The lowest BCUT2D eigenvalue weighted by atomic mass is 10.0. The van der Waals surface area contributed by atoms with Gasteiger partial charge in [-0.2, -0.15) is 0 Å². The van der Waals surface area contributed by atoms with E-state index in [0.717, 1.165) is 23.9 Å². The molecule has 0 amide bonds.